The number of benzene rings is 2. The fourth-order valence-corrected chi connectivity index (χ4v) is 2.27. The maximum Gasteiger partial charge on any atom is 0.121 e. The summed E-state index contributed by atoms with van der Waals surface area (Å²) in [6.07, 6.45) is 0. The van der Waals surface area contributed by atoms with Crippen LogP contribution in [0.3, 0.4) is 0 Å². The first-order valence-corrected chi connectivity index (χ1v) is 7.13. The van der Waals surface area contributed by atoms with Gasteiger partial charge in [-0.1, -0.05) is 12.1 Å². The first-order valence-electron chi connectivity index (χ1n) is 7.13. The molecule has 21 heavy (non-hydrogen) atoms. The Kier molecular flexibility index (Phi) is 4.93. The smallest absolute Gasteiger partial charge is 0.121 e. The fraction of sp³-hybridized carbons (Fsp3) is 0.294. The lowest BCUT2D eigenvalue weighted by Crippen LogP contribution is -2.28. The van der Waals surface area contributed by atoms with Gasteiger partial charge in [0.25, 0.3) is 0 Å². The van der Waals surface area contributed by atoms with Gasteiger partial charge in [0.2, 0.25) is 0 Å². The molecule has 0 saturated heterocycles. The number of aryl methyl sites for hydroxylation is 1. The van der Waals surface area contributed by atoms with Crippen molar-refractivity contribution in [1.29, 1.82) is 0 Å². The summed E-state index contributed by atoms with van der Waals surface area (Å²) in [5, 5.41) is 9.64. The number of hydrogen-bond acceptors (Lipinski definition) is 4. The average molecular weight is 286 g/mol. The molecule has 2 rings (SSSR count). The van der Waals surface area contributed by atoms with Crippen molar-refractivity contribution < 1.29 is 9.84 Å². The predicted molar refractivity (Wildman–Crippen MR) is 87.1 cm³/mol. The molecule has 0 aliphatic rings. The third-order valence-electron chi connectivity index (χ3n) is 3.40. The third kappa shape index (κ3) is 4.05. The van der Waals surface area contributed by atoms with Crippen molar-refractivity contribution >= 4 is 11.4 Å². The minimum absolute atomic E-state index is 0.283. The number of nitrogens with two attached hydrogens (primary N) is 1. The summed E-state index contributed by atoms with van der Waals surface area (Å²) in [4.78, 5) is 2.18. The van der Waals surface area contributed by atoms with E-state index in [1.807, 2.05) is 37.3 Å². The molecule has 0 fully saturated rings. The molecular weight excluding hydrogens is 264 g/mol. The zero-order chi connectivity index (χ0) is 15.2. The zero-order valence-corrected chi connectivity index (χ0v) is 12.5. The Labute approximate surface area is 125 Å². The Bertz CT molecular complexity index is 599. The number of ether oxygens (including phenoxy) is 1. The Hall–Kier alpha value is -2.36. The highest BCUT2D eigenvalue weighted by Gasteiger charge is 2.08. The van der Waals surface area contributed by atoms with Gasteiger partial charge in [-0.3, -0.25) is 0 Å². The molecule has 4 nitrogen and oxygen atoms in total. The van der Waals surface area contributed by atoms with Crippen LogP contribution in [-0.4, -0.2) is 24.8 Å². The molecule has 0 aliphatic carbocycles. The number of rotatable bonds is 6. The van der Waals surface area contributed by atoms with Gasteiger partial charge in [0.05, 0.1) is 6.54 Å². The lowest BCUT2D eigenvalue weighted by molar-refractivity contribution is 0.324. The molecule has 0 radical (unpaired) electrons. The van der Waals surface area contributed by atoms with E-state index in [1.165, 1.54) is 0 Å². The fourth-order valence-electron chi connectivity index (χ4n) is 2.27. The van der Waals surface area contributed by atoms with Crippen LogP contribution in [0.2, 0.25) is 0 Å². The van der Waals surface area contributed by atoms with Crippen LogP contribution >= 0.6 is 0 Å². The summed E-state index contributed by atoms with van der Waals surface area (Å²) < 4.78 is 5.73. The third-order valence-corrected chi connectivity index (χ3v) is 3.40. The molecule has 2 aromatic carbocycles. The molecule has 0 saturated carbocycles. The van der Waals surface area contributed by atoms with E-state index in [-0.39, 0.29) is 5.75 Å². The molecular formula is C17H22N2O2. The van der Waals surface area contributed by atoms with Crippen LogP contribution < -0.4 is 15.4 Å². The maximum atomic E-state index is 9.64. The van der Waals surface area contributed by atoms with Crippen molar-refractivity contribution in [3.05, 3.63) is 48.0 Å². The van der Waals surface area contributed by atoms with Gasteiger partial charge in [-0.05, 0) is 37.6 Å². The molecule has 4 heteroatoms. The van der Waals surface area contributed by atoms with Crippen LogP contribution in [-0.2, 0) is 0 Å². The van der Waals surface area contributed by atoms with Crippen LogP contribution in [0, 0.1) is 6.92 Å². The van der Waals surface area contributed by atoms with E-state index >= 15 is 0 Å². The van der Waals surface area contributed by atoms with Crippen molar-refractivity contribution in [1.82, 2.24) is 0 Å². The number of likely N-dealkylation sites (N-methyl/N-ethyl adjacent to an activating group) is 1. The van der Waals surface area contributed by atoms with E-state index in [1.54, 1.807) is 12.1 Å². The molecule has 0 unspecified atom stereocenters. The predicted octanol–water partition coefficient (Wildman–Crippen LogP) is 3.19. The molecule has 2 aromatic rings. The lowest BCUT2D eigenvalue weighted by atomic mass is 10.1. The summed E-state index contributed by atoms with van der Waals surface area (Å²) in [6.45, 7) is 6.28. The van der Waals surface area contributed by atoms with Crippen molar-refractivity contribution in [3.63, 3.8) is 0 Å². The summed E-state index contributed by atoms with van der Waals surface area (Å²) in [5.74, 6) is 1.06. The second kappa shape index (κ2) is 6.88. The SMILES string of the molecule is CCN(CCOc1cccc(N)c1)c1cc(O)ccc1C. The number of hydrogen-bond donors (Lipinski definition) is 2. The Morgan fingerprint density at radius 2 is 2.00 bits per heavy atom. The number of nitrogens with zero attached hydrogens (tertiary/aromatic N) is 1. The standard InChI is InChI=1S/C17H22N2O2/c1-3-19(17-12-15(20)8-7-13(17)2)9-10-21-16-6-4-5-14(18)11-16/h4-8,11-12,20H,3,9-10,18H2,1-2H3. The van der Waals surface area contributed by atoms with Gasteiger partial charge in [-0.25, -0.2) is 0 Å². The number of anilines is 2. The van der Waals surface area contributed by atoms with E-state index in [2.05, 4.69) is 11.8 Å². The Balaban J connectivity index is 1.98. The zero-order valence-electron chi connectivity index (χ0n) is 12.5. The number of aromatic hydroxyl groups is 1. The van der Waals surface area contributed by atoms with E-state index in [9.17, 15) is 5.11 Å². The normalized spacial score (nSPS) is 10.4. The van der Waals surface area contributed by atoms with Crippen LogP contribution in [0.25, 0.3) is 0 Å². The van der Waals surface area contributed by atoms with E-state index in [4.69, 9.17) is 10.5 Å². The minimum atomic E-state index is 0.283. The van der Waals surface area contributed by atoms with E-state index in [0.29, 0.717) is 12.3 Å². The maximum absolute atomic E-state index is 9.64. The highest BCUT2D eigenvalue weighted by atomic mass is 16.5. The molecule has 0 aromatic heterocycles. The largest absolute Gasteiger partial charge is 0.508 e. The molecule has 0 bridgehead atoms. The average Bonchev–Trinajstić information content (AvgIpc) is 2.47. The molecule has 0 aliphatic heterocycles. The molecule has 0 atom stereocenters. The summed E-state index contributed by atoms with van der Waals surface area (Å²) >= 11 is 0. The summed E-state index contributed by atoms with van der Waals surface area (Å²) in [7, 11) is 0. The van der Waals surface area contributed by atoms with Crippen molar-refractivity contribution in [2.75, 3.05) is 30.3 Å². The second-order valence-electron chi connectivity index (χ2n) is 4.97. The molecule has 0 heterocycles. The minimum Gasteiger partial charge on any atom is -0.508 e. The number of nitrogen functional groups attached to an aromatic ring is 1. The molecule has 112 valence electrons. The highest BCUT2D eigenvalue weighted by molar-refractivity contribution is 5.56. The number of phenols is 1. The van der Waals surface area contributed by atoms with Gasteiger partial charge in [0.15, 0.2) is 0 Å². The van der Waals surface area contributed by atoms with Crippen LogP contribution in [0.5, 0.6) is 11.5 Å². The van der Waals surface area contributed by atoms with Crippen LogP contribution in [0.15, 0.2) is 42.5 Å². The Morgan fingerprint density at radius 1 is 1.19 bits per heavy atom. The topological polar surface area (TPSA) is 58.7 Å². The molecule has 0 spiro atoms. The highest BCUT2D eigenvalue weighted by Crippen LogP contribution is 2.24. The van der Waals surface area contributed by atoms with Crippen molar-refractivity contribution in [2.45, 2.75) is 13.8 Å². The van der Waals surface area contributed by atoms with Crippen molar-refractivity contribution in [3.8, 4) is 11.5 Å². The Morgan fingerprint density at radius 3 is 2.71 bits per heavy atom. The number of phenolic OH excluding ortho intramolecular Hbond substituents is 1. The van der Waals surface area contributed by atoms with Gasteiger partial charge in [-0.2, -0.15) is 0 Å². The molecule has 0 amide bonds. The molecule has 3 N–H and O–H groups in total. The van der Waals surface area contributed by atoms with Gasteiger partial charge < -0.3 is 20.5 Å². The lowest BCUT2D eigenvalue weighted by Gasteiger charge is -2.25. The second-order valence-corrected chi connectivity index (χ2v) is 4.97. The summed E-state index contributed by atoms with van der Waals surface area (Å²) in [5.41, 5.74) is 8.60. The quantitative estimate of drug-likeness (QED) is 0.801. The van der Waals surface area contributed by atoms with Crippen LogP contribution in [0.4, 0.5) is 11.4 Å². The summed E-state index contributed by atoms with van der Waals surface area (Å²) in [6, 6.07) is 12.8. The van der Waals surface area contributed by atoms with E-state index in [0.717, 1.165) is 30.1 Å². The van der Waals surface area contributed by atoms with Crippen molar-refractivity contribution in [2.24, 2.45) is 0 Å². The van der Waals surface area contributed by atoms with Gasteiger partial charge in [0, 0.05) is 30.1 Å². The van der Waals surface area contributed by atoms with E-state index < -0.39 is 0 Å². The first-order chi connectivity index (χ1) is 10.1. The van der Waals surface area contributed by atoms with Gasteiger partial charge >= 0.3 is 0 Å². The van der Waals surface area contributed by atoms with Gasteiger partial charge in [0.1, 0.15) is 18.1 Å². The first kappa shape index (κ1) is 15.0. The van der Waals surface area contributed by atoms with Crippen LogP contribution in [0.1, 0.15) is 12.5 Å². The van der Waals surface area contributed by atoms with Gasteiger partial charge in [-0.15, -0.1) is 0 Å². The monoisotopic (exact) mass is 286 g/mol.